The fraction of sp³-hybridized carbons (Fsp3) is 0.308. The zero-order valence-corrected chi connectivity index (χ0v) is 20.8. The third-order valence-electron chi connectivity index (χ3n) is 6.00. The molecule has 0 saturated carbocycles. The van der Waals surface area contributed by atoms with Gasteiger partial charge in [0.2, 0.25) is 5.95 Å². The molecule has 2 atom stereocenters. The highest BCUT2D eigenvalue weighted by Crippen LogP contribution is 2.28. The number of hydrogen-bond donors (Lipinski definition) is 7. The van der Waals surface area contributed by atoms with Crippen LogP contribution in [0, 0.1) is 11.4 Å². The summed E-state index contributed by atoms with van der Waals surface area (Å²) in [5.41, 5.74) is 31.6. The van der Waals surface area contributed by atoms with E-state index >= 15 is 0 Å². The quantitative estimate of drug-likeness (QED) is 0.0909. The molecule has 1 aromatic heterocycles. The minimum atomic E-state index is -0.937. The third kappa shape index (κ3) is 7.38. The van der Waals surface area contributed by atoms with E-state index in [9.17, 15) is 4.39 Å². The number of anilines is 1. The second kappa shape index (κ2) is 13.4. The van der Waals surface area contributed by atoms with E-state index in [0.29, 0.717) is 29.1 Å². The molecular weight excluding hydrogens is 457 g/mol. The summed E-state index contributed by atoms with van der Waals surface area (Å²) in [7, 11) is 2.06. The van der Waals surface area contributed by atoms with Crippen molar-refractivity contribution < 1.29 is 4.39 Å². The molecule has 1 fully saturated rings. The van der Waals surface area contributed by atoms with Gasteiger partial charge in [0, 0.05) is 53.1 Å². The lowest BCUT2D eigenvalue weighted by atomic mass is 9.98. The van der Waals surface area contributed by atoms with Crippen LogP contribution in [-0.4, -0.2) is 35.7 Å². The SMILES string of the molecule is C=C(NC(c1ccc(C=N)c(N)c1)c1ccc(C(N)N)c(F)n1)C1CCCN1C.C=CC/C(N)=C/N. The molecule has 1 aromatic carbocycles. The van der Waals surface area contributed by atoms with Crippen molar-refractivity contribution in [1.29, 1.82) is 5.41 Å². The number of benzene rings is 1. The molecule has 36 heavy (non-hydrogen) atoms. The van der Waals surface area contributed by atoms with E-state index in [1.165, 1.54) is 12.4 Å². The molecule has 9 nitrogen and oxygen atoms in total. The van der Waals surface area contributed by atoms with Crippen molar-refractivity contribution in [1.82, 2.24) is 15.2 Å². The predicted octanol–water partition coefficient (Wildman–Crippen LogP) is 2.32. The van der Waals surface area contributed by atoms with Crippen LogP contribution in [0.3, 0.4) is 0 Å². The second-order valence-electron chi connectivity index (χ2n) is 8.65. The van der Waals surface area contributed by atoms with Crippen LogP contribution in [0.4, 0.5) is 10.1 Å². The van der Waals surface area contributed by atoms with Gasteiger partial charge in [-0.25, -0.2) is 4.98 Å². The van der Waals surface area contributed by atoms with E-state index < -0.39 is 18.2 Å². The van der Waals surface area contributed by atoms with E-state index in [2.05, 4.69) is 35.4 Å². The average molecular weight is 496 g/mol. The summed E-state index contributed by atoms with van der Waals surface area (Å²) in [6.45, 7) is 8.70. The van der Waals surface area contributed by atoms with Crippen LogP contribution in [0.1, 0.15) is 53.9 Å². The second-order valence-corrected chi connectivity index (χ2v) is 8.65. The first-order chi connectivity index (χ1) is 17.1. The van der Waals surface area contributed by atoms with E-state index in [-0.39, 0.29) is 11.6 Å². The summed E-state index contributed by atoms with van der Waals surface area (Å²) in [5.74, 6) is -0.697. The highest BCUT2D eigenvalue weighted by molar-refractivity contribution is 5.85. The van der Waals surface area contributed by atoms with Gasteiger partial charge >= 0.3 is 0 Å². The molecule has 194 valence electrons. The topological polar surface area (TPSA) is 182 Å². The molecule has 0 bridgehead atoms. The Balaban J connectivity index is 0.000000572. The van der Waals surface area contributed by atoms with Crippen LogP contribution in [0.5, 0.6) is 0 Å². The zero-order valence-electron chi connectivity index (χ0n) is 20.8. The molecule has 0 radical (unpaired) electrons. The number of likely N-dealkylation sites (tertiary alicyclic amines) is 1. The van der Waals surface area contributed by atoms with Crippen LogP contribution in [0.25, 0.3) is 0 Å². The molecule has 0 amide bonds. The van der Waals surface area contributed by atoms with Crippen LogP contribution in [0.15, 0.2) is 67.2 Å². The molecule has 2 heterocycles. The van der Waals surface area contributed by atoms with Gasteiger partial charge in [0.15, 0.2) is 0 Å². The first-order valence-electron chi connectivity index (χ1n) is 11.6. The summed E-state index contributed by atoms with van der Waals surface area (Å²) in [4.78, 5) is 6.35. The van der Waals surface area contributed by atoms with Crippen LogP contribution in [-0.2, 0) is 0 Å². The zero-order chi connectivity index (χ0) is 26.8. The van der Waals surface area contributed by atoms with Gasteiger partial charge in [-0.05, 0) is 50.2 Å². The van der Waals surface area contributed by atoms with Crippen LogP contribution < -0.4 is 34.0 Å². The number of hydrogen-bond acceptors (Lipinski definition) is 9. The molecule has 2 aromatic rings. The fourth-order valence-corrected chi connectivity index (χ4v) is 3.97. The minimum absolute atomic E-state index is 0.153. The lowest BCUT2D eigenvalue weighted by molar-refractivity contribution is 0.330. The smallest absolute Gasteiger partial charge is 0.219 e. The molecule has 2 unspecified atom stereocenters. The molecule has 3 rings (SSSR count). The maximum atomic E-state index is 14.5. The Morgan fingerprint density at radius 1 is 1.33 bits per heavy atom. The Hall–Kier alpha value is -3.73. The van der Waals surface area contributed by atoms with Crippen molar-refractivity contribution >= 4 is 11.9 Å². The number of likely N-dealkylation sites (N-methyl/N-ethyl adjacent to an activating group) is 1. The van der Waals surface area contributed by atoms with Crippen molar-refractivity contribution in [2.24, 2.45) is 22.9 Å². The van der Waals surface area contributed by atoms with Gasteiger partial charge in [-0.1, -0.05) is 24.8 Å². The summed E-state index contributed by atoms with van der Waals surface area (Å²) < 4.78 is 14.5. The normalized spacial score (nSPS) is 16.7. The first kappa shape index (κ1) is 28.5. The molecule has 1 saturated heterocycles. The number of nitrogen functional groups attached to an aromatic ring is 1. The number of halogens is 1. The van der Waals surface area contributed by atoms with Gasteiger partial charge in [-0.2, -0.15) is 4.39 Å². The summed E-state index contributed by atoms with van der Waals surface area (Å²) in [6.07, 6.45) is 6.13. The number of nitrogens with zero attached hydrogens (tertiary/aromatic N) is 2. The van der Waals surface area contributed by atoms with Crippen molar-refractivity contribution in [2.75, 3.05) is 19.3 Å². The first-order valence-corrected chi connectivity index (χ1v) is 11.6. The largest absolute Gasteiger partial charge is 0.403 e. The summed E-state index contributed by atoms with van der Waals surface area (Å²) >= 11 is 0. The summed E-state index contributed by atoms with van der Waals surface area (Å²) in [6, 6.07) is 8.37. The molecule has 12 N–H and O–H groups in total. The maximum Gasteiger partial charge on any atom is 0.219 e. The lowest BCUT2D eigenvalue weighted by Gasteiger charge is -2.28. The Morgan fingerprint density at radius 3 is 2.53 bits per heavy atom. The van der Waals surface area contributed by atoms with Gasteiger partial charge in [-0.15, -0.1) is 6.58 Å². The van der Waals surface area contributed by atoms with E-state index in [4.69, 9.17) is 34.1 Å². The Kier molecular flexibility index (Phi) is 10.6. The molecular formula is C26H38FN9. The Labute approximate surface area is 212 Å². The maximum absolute atomic E-state index is 14.5. The average Bonchev–Trinajstić information content (AvgIpc) is 3.28. The molecule has 1 aliphatic heterocycles. The summed E-state index contributed by atoms with van der Waals surface area (Å²) in [5, 5.41) is 10.9. The number of allylic oxidation sites excluding steroid dienone is 1. The number of rotatable bonds is 9. The highest BCUT2D eigenvalue weighted by atomic mass is 19.1. The lowest BCUT2D eigenvalue weighted by Crippen LogP contribution is -2.35. The monoisotopic (exact) mass is 495 g/mol. The van der Waals surface area contributed by atoms with Gasteiger partial charge in [0.05, 0.1) is 17.9 Å². The molecule has 1 aliphatic rings. The molecule has 10 heteroatoms. The molecule has 0 aliphatic carbocycles. The van der Waals surface area contributed by atoms with Crippen LogP contribution >= 0.6 is 0 Å². The van der Waals surface area contributed by atoms with E-state index in [0.717, 1.165) is 30.6 Å². The van der Waals surface area contributed by atoms with Crippen molar-refractivity contribution in [3.05, 3.63) is 95.5 Å². The van der Waals surface area contributed by atoms with Crippen LogP contribution in [0.2, 0.25) is 0 Å². The Bertz CT molecular complexity index is 1100. The highest BCUT2D eigenvalue weighted by Gasteiger charge is 2.27. The Morgan fingerprint density at radius 2 is 2.06 bits per heavy atom. The third-order valence-corrected chi connectivity index (χ3v) is 6.00. The number of nitrogens with one attached hydrogen (secondary N) is 2. The van der Waals surface area contributed by atoms with E-state index in [1.807, 2.05) is 6.07 Å². The number of aromatic nitrogens is 1. The van der Waals surface area contributed by atoms with Gasteiger partial charge in [-0.3, -0.25) is 4.90 Å². The fourth-order valence-electron chi connectivity index (χ4n) is 3.97. The number of nitrogens with two attached hydrogens (primary N) is 5. The molecule has 0 spiro atoms. The van der Waals surface area contributed by atoms with E-state index in [1.54, 1.807) is 30.3 Å². The van der Waals surface area contributed by atoms with Gasteiger partial charge in [0.25, 0.3) is 0 Å². The van der Waals surface area contributed by atoms with Crippen molar-refractivity contribution in [2.45, 2.75) is 37.5 Å². The van der Waals surface area contributed by atoms with Crippen molar-refractivity contribution in [3.8, 4) is 0 Å². The van der Waals surface area contributed by atoms with Gasteiger partial charge < -0.3 is 39.4 Å². The van der Waals surface area contributed by atoms with Crippen molar-refractivity contribution in [3.63, 3.8) is 0 Å². The minimum Gasteiger partial charge on any atom is -0.403 e. The standard InChI is InChI=1S/C21H28FN7.C5H10N2/c1-12(18-4-3-9-29(18)2)27-19(13-5-6-14(11-23)16(24)10-13)17-8-7-15(21(25)26)20(22)28-17;1-2-3-5(7)4-6/h5-8,10-11,18-19,21,23,27H,1,3-4,9,24-26H2,2H3;2,4H,1,3,6-7H2/b;5-4-. The van der Waals surface area contributed by atoms with Gasteiger partial charge in [0.1, 0.15) is 0 Å². The number of pyridine rings is 1. The predicted molar refractivity (Wildman–Crippen MR) is 145 cm³/mol.